The Morgan fingerprint density at radius 1 is 1.38 bits per heavy atom. The van der Waals surface area contributed by atoms with Crippen molar-refractivity contribution in [3.8, 4) is 0 Å². The molecule has 0 bridgehead atoms. The highest BCUT2D eigenvalue weighted by atomic mass is 35.5. The standard InChI is InChI=1S/C11H16ClN/c1-8(2)7-13-10-6-4-5-9(3)11(10)12/h4-6,8,13H,7H2,1-3H3. The zero-order valence-corrected chi connectivity index (χ0v) is 9.15. The first-order valence-electron chi connectivity index (χ1n) is 4.60. The van der Waals surface area contributed by atoms with Crippen LogP contribution in [0.4, 0.5) is 5.69 Å². The number of hydrogen-bond acceptors (Lipinski definition) is 1. The van der Waals surface area contributed by atoms with E-state index >= 15 is 0 Å². The molecular weight excluding hydrogens is 182 g/mol. The molecule has 0 aliphatic heterocycles. The molecule has 0 unspecified atom stereocenters. The van der Waals surface area contributed by atoms with E-state index in [0.717, 1.165) is 22.8 Å². The summed E-state index contributed by atoms with van der Waals surface area (Å²) in [5.74, 6) is 0.636. The van der Waals surface area contributed by atoms with Crippen LogP contribution in [0.2, 0.25) is 5.02 Å². The van der Waals surface area contributed by atoms with Crippen molar-refractivity contribution in [2.24, 2.45) is 5.92 Å². The van der Waals surface area contributed by atoms with E-state index in [-0.39, 0.29) is 0 Å². The van der Waals surface area contributed by atoms with Crippen LogP contribution in [-0.2, 0) is 0 Å². The normalized spacial score (nSPS) is 10.5. The van der Waals surface area contributed by atoms with Gasteiger partial charge in [0, 0.05) is 6.54 Å². The summed E-state index contributed by atoms with van der Waals surface area (Å²) in [7, 11) is 0. The minimum absolute atomic E-state index is 0.636. The van der Waals surface area contributed by atoms with E-state index in [1.165, 1.54) is 0 Å². The van der Waals surface area contributed by atoms with Crippen molar-refractivity contribution >= 4 is 17.3 Å². The van der Waals surface area contributed by atoms with Crippen LogP contribution in [-0.4, -0.2) is 6.54 Å². The van der Waals surface area contributed by atoms with Gasteiger partial charge in [0.25, 0.3) is 0 Å². The van der Waals surface area contributed by atoms with Crippen LogP contribution < -0.4 is 5.32 Å². The Hall–Kier alpha value is -0.690. The minimum atomic E-state index is 0.636. The molecule has 0 saturated heterocycles. The van der Waals surface area contributed by atoms with Crippen LogP contribution in [0.3, 0.4) is 0 Å². The van der Waals surface area contributed by atoms with Crippen molar-refractivity contribution in [3.63, 3.8) is 0 Å². The molecule has 0 fully saturated rings. The smallest absolute Gasteiger partial charge is 0.0666 e. The van der Waals surface area contributed by atoms with Gasteiger partial charge in [0.1, 0.15) is 0 Å². The van der Waals surface area contributed by atoms with Gasteiger partial charge in [-0.1, -0.05) is 37.6 Å². The van der Waals surface area contributed by atoms with E-state index in [0.29, 0.717) is 5.92 Å². The maximum atomic E-state index is 6.11. The molecule has 1 aromatic carbocycles. The maximum Gasteiger partial charge on any atom is 0.0666 e. The first kappa shape index (κ1) is 10.4. The second kappa shape index (κ2) is 4.52. The minimum Gasteiger partial charge on any atom is -0.384 e. The number of hydrogen-bond donors (Lipinski definition) is 1. The molecule has 0 radical (unpaired) electrons. The van der Waals surface area contributed by atoms with Crippen LogP contribution in [0.1, 0.15) is 19.4 Å². The number of nitrogens with one attached hydrogen (secondary N) is 1. The summed E-state index contributed by atoms with van der Waals surface area (Å²) in [5, 5.41) is 4.16. The van der Waals surface area contributed by atoms with E-state index < -0.39 is 0 Å². The van der Waals surface area contributed by atoms with E-state index in [4.69, 9.17) is 11.6 Å². The van der Waals surface area contributed by atoms with Crippen molar-refractivity contribution in [2.75, 3.05) is 11.9 Å². The Balaban J connectivity index is 2.71. The van der Waals surface area contributed by atoms with Crippen LogP contribution in [0.25, 0.3) is 0 Å². The monoisotopic (exact) mass is 197 g/mol. The maximum absolute atomic E-state index is 6.11. The van der Waals surface area contributed by atoms with Gasteiger partial charge in [-0.15, -0.1) is 0 Å². The Morgan fingerprint density at radius 3 is 2.69 bits per heavy atom. The highest BCUT2D eigenvalue weighted by molar-refractivity contribution is 6.33. The molecule has 0 aliphatic rings. The van der Waals surface area contributed by atoms with Crippen LogP contribution in [0.5, 0.6) is 0 Å². The molecule has 0 heterocycles. The fourth-order valence-corrected chi connectivity index (χ4v) is 1.29. The molecule has 1 nitrogen and oxygen atoms in total. The average molecular weight is 198 g/mol. The van der Waals surface area contributed by atoms with E-state index in [1.54, 1.807) is 0 Å². The fraction of sp³-hybridized carbons (Fsp3) is 0.455. The SMILES string of the molecule is Cc1cccc(NCC(C)C)c1Cl. The highest BCUT2D eigenvalue weighted by Crippen LogP contribution is 2.24. The Morgan fingerprint density at radius 2 is 2.08 bits per heavy atom. The van der Waals surface area contributed by atoms with Gasteiger partial charge in [-0.25, -0.2) is 0 Å². The molecular formula is C11H16ClN. The fourth-order valence-electron chi connectivity index (χ4n) is 1.10. The van der Waals surface area contributed by atoms with Crippen molar-refractivity contribution in [1.29, 1.82) is 0 Å². The lowest BCUT2D eigenvalue weighted by Gasteiger charge is -2.11. The quantitative estimate of drug-likeness (QED) is 0.779. The summed E-state index contributed by atoms with van der Waals surface area (Å²) in [5.41, 5.74) is 2.16. The van der Waals surface area contributed by atoms with Gasteiger partial charge >= 0.3 is 0 Å². The van der Waals surface area contributed by atoms with Crippen LogP contribution >= 0.6 is 11.6 Å². The van der Waals surface area contributed by atoms with Crippen LogP contribution in [0.15, 0.2) is 18.2 Å². The number of aryl methyl sites for hydroxylation is 1. The summed E-state index contributed by atoms with van der Waals surface area (Å²) in [4.78, 5) is 0. The predicted molar refractivity (Wildman–Crippen MR) is 59.5 cm³/mol. The molecule has 1 rings (SSSR count). The van der Waals surface area contributed by atoms with Crippen molar-refractivity contribution in [1.82, 2.24) is 0 Å². The van der Waals surface area contributed by atoms with E-state index in [2.05, 4.69) is 19.2 Å². The molecule has 13 heavy (non-hydrogen) atoms. The van der Waals surface area contributed by atoms with Gasteiger partial charge in [0.2, 0.25) is 0 Å². The number of rotatable bonds is 3. The number of halogens is 1. The molecule has 0 aliphatic carbocycles. The predicted octanol–water partition coefficient (Wildman–Crippen LogP) is 3.72. The molecule has 0 atom stereocenters. The van der Waals surface area contributed by atoms with Crippen LogP contribution in [0, 0.1) is 12.8 Å². The highest BCUT2D eigenvalue weighted by Gasteiger charge is 2.02. The summed E-state index contributed by atoms with van der Waals surface area (Å²) < 4.78 is 0. The second-order valence-electron chi connectivity index (χ2n) is 3.71. The van der Waals surface area contributed by atoms with Crippen molar-refractivity contribution in [3.05, 3.63) is 28.8 Å². The van der Waals surface area contributed by atoms with Gasteiger partial charge in [-0.05, 0) is 24.5 Å². The molecule has 72 valence electrons. The summed E-state index contributed by atoms with van der Waals surface area (Å²) in [6.45, 7) is 7.33. The number of benzene rings is 1. The third kappa shape index (κ3) is 2.92. The van der Waals surface area contributed by atoms with E-state index in [9.17, 15) is 0 Å². The largest absolute Gasteiger partial charge is 0.384 e. The average Bonchev–Trinajstić information content (AvgIpc) is 2.07. The third-order valence-corrected chi connectivity index (χ3v) is 2.39. The van der Waals surface area contributed by atoms with E-state index in [1.807, 2.05) is 25.1 Å². The molecule has 0 spiro atoms. The Labute approximate surface area is 85.1 Å². The van der Waals surface area contributed by atoms with Gasteiger partial charge in [-0.2, -0.15) is 0 Å². The van der Waals surface area contributed by atoms with Gasteiger partial charge in [-0.3, -0.25) is 0 Å². The summed E-state index contributed by atoms with van der Waals surface area (Å²) >= 11 is 6.11. The molecule has 0 aromatic heterocycles. The third-order valence-electron chi connectivity index (χ3n) is 1.89. The lowest BCUT2D eigenvalue weighted by atomic mass is 10.2. The van der Waals surface area contributed by atoms with Gasteiger partial charge in [0.05, 0.1) is 10.7 Å². The van der Waals surface area contributed by atoms with Crippen molar-refractivity contribution in [2.45, 2.75) is 20.8 Å². The zero-order chi connectivity index (χ0) is 9.84. The summed E-state index contributed by atoms with van der Waals surface area (Å²) in [6.07, 6.45) is 0. The molecule has 2 heteroatoms. The Bertz CT molecular complexity index is 281. The number of anilines is 1. The van der Waals surface area contributed by atoms with Gasteiger partial charge in [0.15, 0.2) is 0 Å². The second-order valence-corrected chi connectivity index (χ2v) is 4.09. The molecule has 1 aromatic rings. The first-order valence-corrected chi connectivity index (χ1v) is 4.98. The lowest BCUT2D eigenvalue weighted by Crippen LogP contribution is -2.08. The topological polar surface area (TPSA) is 12.0 Å². The Kier molecular flexibility index (Phi) is 3.61. The first-order chi connectivity index (χ1) is 6.11. The van der Waals surface area contributed by atoms with Gasteiger partial charge < -0.3 is 5.32 Å². The summed E-state index contributed by atoms with van der Waals surface area (Å²) in [6, 6.07) is 6.05. The lowest BCUT2D eigenvalue weighted by molar-refractivity contribution is 0.689. The van der Waals surface area contributed by atoms with Crippen molar-refractivity contribution < 1.29 is 0 Å². The molecule has 0 saturated carbocycles. The zero-order valence-electron chi connectivity index (χ0n) is 8.39. The molecule has 0 amide bonds. The molecule has 1 N–H and O–H groups in total.